The molecule has 0 radical (unpaired) electrons. The minimum Gasteiger partial charge on any atom is -0.299 e. The van der Waals surface area contributed by atoms with E-state index in [1.165, 1.54) is 17.2 Å². The number of benzene rings is 1. The lowest BCUT2D eigenvalue weighted by molar-refractivity contribution is 0.226. The molecule has 1 aliphatic rings. The fourth-order valence-electron chi connectivity index (χ4n) is 2.33. The summed E-state index contributed by atoms with van der Waals surface area (Å²) in [6.07, 6.45) is 0. The van der Waals surface area contributed by atoms with Crippen molar-refractivity contribution in [1.82, 2.24) is 4.90 Å². The van der Waals surface area contributed by atoms with Crippen LogP contribution < -0.4 is 0 Å². The van der Waals surface area contributed by atoms with E-state index >= 15 is 0 Å². The molecule has 1 aromatic rings. The summed E-state index contributed by atoms with van der Waals surface area (Å²) in [7, 11) is 0. The molecule has 1 heterocycles. The zero-order chi connectivity index (χ0) is 12.3. The molecule has 1 atom stereocenters. The Hall–Kier alpha value is 0.0100. The molecule has 0 N–H and O–H groups in total. The Morgan fingerprint density at radius 2 is 2.18 bits per heavy atom. The summed E-state index contributed by atoms with van der Waals surface area (Å²) in [6.45, 7) is 6.90. The van der Waals surface area contributed by atoms with Crippen molar-refractivity contribution in [3.63, 3.8) is 0 Å². The molecule has 1 nitrogen and oxygen atoms in total. The highest BCUT2D eigenvalue weighted by molar-refractivity contribution is 9.09. The number of hydrogen-bond acceptors (Lipinski definition) is 2. The van der Waals surface area contributed by atoms with Gasteiger partial charge in [0.2, 0.25) is 0 Å². The number of alkyl halides is 1. The van der Waals surface area contributed by atoms with E-state index in [4.69, 9.17) is 0 Å². The lowest BCUT2D eigenvalue weighted by Crippen LogP contribution is -2.36. The molecule has 3 heteroatoms. The highest BCUT2D eigenvalue weighted by atomic mass is 79.9. The zero-order valence-corrected chi connectivity index (χ0v) is 12.9. The topological polar surface area (TPSA) is 3.24 Å². The molecule has 0 amide bonds. The van der Waals surface area contributed by atoms with Crippen LogP contribution in [0, 0.1) is 0 Å². The molecule has 0 aromatic heterocycles. The molecule has 1 aliphatic heterocycles. The van der Waals surface area contributed by atoms with Crippen molar-refractivity contribution in [3.8, 4) is 0 Å². The monoisotopic (exact) mass is 313 g/mol. The first kappa shape index (κ1) is 13.4. The normalized spacial score (nSPS) is 19.0. The van der Waals surface area contributed by atoms with Gasteiger partial charge >= 0.3 is 0 Å². The molecule has 0 aliphatic carbocycles. The third kappa shape index (κ3) is 3.27. The van der Waals surface area contributed by atoms with Gasteiger partial charge in [0.05, 0.1) is 0 Å². The maximum Gasteiger partial charge on any atom is 0.0159 e. The number of fused-ring (bicyclic) bond motifs is 1. The molecule has 0 saturated heterocycles. The van der Waals surface area contributed by atoms with Crippen LogP contribution in [0.3, 0.4) is 0 Å². The molecule has 1 aromatic carbocycles. The summed E-state index contributed by atoms with van der Waals surface area (Å²) in [5.74, 6) is 1.95. The third-order valence-corrected chi connectivity index (χ3v) is 4.96. The summed E-state index contributed by atoms with van der Waals surface area (Å²) in [4.78, 5) is 4.06. The number of hydrogen-bond donors (Lipinski definition) is 0. The van der Waals surface area contributed by atoms with Gasteiger partial charge in [0.1, 0.15) is 0 Å². The van der Waals surface area contributed by atoms with Gasteiger partial charge < -0.3 is 0 Å². The van der Waals surface area contributed by atoms with E-state index in [0.29, 0.717) is 12.0 Å². The first-order valence-corrected chi connectivity index (χ1v) is 8.35. The second kappa shape index (κ2) is 6.26. The molecule has 2 rings (SSSR count). The van der Waals surface area contributed by atoms with Gasteiger partial charge in [-0.1, -0.05) is 34.1 Å². The van der Waals surface area contributed by atoms with Crippen molar-refractivity contribution in [3.05, 3.63) is 29.8 Å². The molecular formula is C14H20BrNS. The van der Waals surface area contributed by atoms with E-state index in [1.54, 1.807) is 5.56 Å². The van der Waals surface area contributed by atoms with Crippen molar-refractivity contribution < 1.29 is 0 Å². The first-order chi connectivity index (χ1) is 8.22. The van der Waals surface area contributed by atoms with Gasteiger partial charge in [-0.2, -0.15) is 0 Å². The summed E-state index contributed by atoms with van der Waals surface area (Å²) >= 11 is 5.56. The Morgan fingerprint density at radius 1 is 1.41 bits per heavy atom. The largest absolute Gasteiger partial charge is 0.299 e. The Morgan fingerprint density at radius 3 is 2.88 bits per heavy atom. The number of nitrogens with zero attached hydrogens (tertiary/aromatic N) is 1. The van der Waals surface area contributed by atoms with Gasteiger partial charge in [0, 0.05) is 41.0 Å². The molecule has 94 valence electrons. The third-order valence-electron chi connectivity index (χ3n) is 3.36. The van der Waals surface area contributed by atoms with Crippen LogP contribution in [0.2, 0.25) is 0 Å². The Kier molecular flexibility index (Phi) is 4.95. The van der Waals surface area contributed by atoms with E-state index in [1.807, 2.05) is 11.8 Å². The second-order valence-corrected chi connectivity index (χ2v) is 6.68. The molecule has 0 bridgehead atoms. The van der Waals surface area contributed by atoms with Crippen LogP contribution in [-0.4, -0.2) is 35.1 Å². The van der Waals surface area contributed by atoms with Gasteiger partial charge in [-0.15, -0.1) is 11.8 Å². The number of rotatable bonds is 5. The average molecular weight is 314 g/mol. The molecular weight excluding hydrogens is 294 g/mol. The molecule has 0 saturated carbocycles. The van der Waals surface area contributed by atoms with E-state index in [-0.39, 0.29) is 0 Å². The Bertz CT molecular complexity index is 367. The fraction of sp³-hybridized carbons (Fsp3) is 0.571. The van der Waals surface area contributed by atoms with Gasteiger partial charge in [0.15, 0.2) is 0 Å². The van der Waals surface area contributed by atoms with Crippen molar-refractivity contribution >= 4 is 27.7 Å². The first-order valence-electron chi connectivity index (χ1n) is 6.24. The van der Waals surface area contributed by atoms with Gasteiger partial charge in [0.25, 0.3) is 0 Å². The number of thioether (sulfide) groups is 1. The predicted molar refractivity (Wildman–Crippen MR) is 80.4 cm³/mol. The minimum absolute atomic E-state index is 0.630. The smallest absolute Gasteiger partial charge is 0.0159 e. The molecule has 17 heavy (non-hydrogen) atoms. The van der Waals surface area contributed by atoms with Crippen LogP contribution >= 0.6 is 27.7 Å². The second-order valence-electron chi connectivity index (χ2n) is 4.82. The van der Waals surface area contributed by atoms with Crippen LogP contribution in [0.25, 0.3) is 0 Å². The highest BCUT2D eigenvalue weighted by Crippen LogP contribution is 2.39. The van der Waals surface area contributed by atoms with E-state index in [9.17, 15) is 0 Å². The van der Waals surface area contributed by atoms with Crippen molar-refractivity contribution in [2.24, 2.45) is 0 Å². The van der Waals surface area contributed by atoms with Crippen LogP contribution in [0.1, 0.15) is 25.3 Å². The SMILES string of the molecule is CC(C)N(CCBr)CC1CSc2ccccc21. The minimum atomic E-state index is 0.630. The summed E-state index contributed by atoms with van der Waals surface area (Å²) in [5.41, 5.74) is 1.55. The lowest BCUT2D eigenvalue weighted by atomic mass is 10.0. The van der Waals surface area contributed by atoms with Crippen molar-refractivity contribution in [2.45, 2.75) is 30.7 Å². The maximum atomic E-state index is 3.55. The predicted octanol–water partition coefficient (Wildman–Crippen LogP) is 3.98. The van der Waals surface area contributed by atoms with Crippen LogP contribution in [-0.2, 0) is 0 Å². The van der Waals surface area contributed by atoms with Crippen LogP contribution in [0.4, 0.5) is 0 Å². The highest BCUT2D eigenvalue weighted by Gasteiger charge is 2.25. The molecule has 0 fully saturated rings. The zero-order valence-electron chi connectivity index (χ0n) is 10.5. The van der Waals surface area contributed by atoms with Crippen molar-refractivity contribution in [1.29, 1.82) is 0 Å². The average Bonchev–Trinajstić information content (AvgIpc) is 2.72. The van der Waals surface area contributed by atoms with Crippen LogP contribution in [0.5, 0.6) is 0 Å². The Balaban J connectivity index is 2.05. The fourth-order valence-corrected chi connectivity index (χ4v) is 4.03. The summed E-state index contributed by atoms with van der Waals surface area (Å²) in [5, 5.41) is 1.06. The molecule has 1 unspecified atom stereocenters. The quantitative estimate of drug-likeness (QED) is 0.756. The lowest BCUT2D eigenvalue weighted by Gasteiger charge is -2.28. The summed E-state index contributed by atoms with van der Waals surface area (Å²) in [6, 6.07) is 9.50. The van der Waals surface area contributed by atoms with Crippen molar-refractivity contribution in [2.75, 3.05) is 24.2 Å². The van der Waals surface area contributed by atoms with E-state index in [0.717, 1.165) is 11.9 Å². The van der Waals surface area contributed by atoms with Gasteiger partial charge in [-0.05, 0) is 25.5 Å². The maximum absolute atomic E-state index is 3.55. The number of halogens is 1. The standard InChI is InChI=1S/C14H20BrNS/c1-11(2)16(8-7-15)9-12-10-17-14-6-4-3-5-13(12)14/h3-6,11-12H,7-10H2,1-2H3. The van der Waals surface area contributed by atoms with E-state index in [2.05, 4.69) is 58.9 Å². The van der Waals surface area contributed by atoms with Gasteiger partial charge in [-0.25, -0.2) is 0 Å². The van der Waals surface area contributed by atoms with Gasteiger partial charge in [-0.3, -0.25) is 4.90 Å². The molecule has 0 spiro atoms. The van der Waals surface area contributed by atoms with Crippen LogP contribution in [0.15, 0.2) is 29.2 Å². The Labute approximate surface area is 117 Å². The van der Waals surface area contributed by atoms with E-state index < -0.39 is 0 Å². The summed E-state index contributed by atoms with van der Waals surface area (Å²) < 4.78 is 0.